The molecular formula is C18H23BrN2O4S. The van der Waals surface area contributed by atoms with Gasteiger partial charge in [0.1, 0.15) is 0 Å². The van der Waals surface area contributed by atoms with E-state index in [2.05, 4.69) is 21.2 Å². The number of nitrogens with two attached hydrogens (primary N) is 1. The number of methoxy groups -OCH3 is 1. The quantitative estimate of drug-likeness (QED) is 0.582. The zero-order valence-electron chi connectivity index (χ0n) is 14.8. The van der Waals surface area contributed by atoms with E-state index in [9.17, 15) is 8.42 Å². The van der Waals surface area contributed by atoms with Crippen molar-refractivity contribution >= 4 is 26.0 Å². The molecule has 0 aliphatic rings. The maximum atomic E-state index is 11.3. The van der Waals surface area contributed by atoms with Crippen molar-refractivity contribution in [3.8, 4) is 11.5 Å². The average molecular weight is 443 g/mol. The number of nitrogens with one attached hydrogen (secondary N) is 1. The van der Waals surface area contributed by atoms with Crippen molar-refractivity contribution < 1.29 is 17.9 Å². The van der Waals surface area contributed by atoms with Crippen LogP contribution < -0.4 is 19.9 Å². The monoisotopic (exact) mass is 442 g/mol. The minimum atomic E-state index is -3.65. The van der Waals surface area contributed by atoms with Crippen LogP contribution in [0.15, 0.2) is 45.8 Å². The standard InChI is InChI=1S/C18H23BrN2O4S/c1-3-25-18-14(10-15(19)11-17(18)24-2)12-21-9-8-13-4-6-16(7-5-13)26(20,22)23/h4-7,10-11,21H,3,8-9,12H2,1-2H3,(H2,20,22,23). The van der Waals surface area contributed by atoms with Gasteiger partial charge in [0.2, 0.25) is 10.0 Å². The highest BCUT2D eigenvalue weighted by Gasteiger charge is 2.12. The van der Waals surface area contributed by atoms with E-state index in [-0.39, 0.29) is 4.90 Å². The van der Waals surface area contributed by atoms with Gasteiger partial charge in [-0.05, 0) is 49.7 Å². The summed E-state index contributed by atoms with van der Waals surface area (Å²) < 4.78 is 34.6. The fourth-order valence-corrected chi connectivity index (χ4v) is 3.52. The molecule has 0 aliphatic carbocycles. The smallest absolute Gasteiger partial charge is 0.238 e. The Morgan fingerprint density at radius 3 is 2.46 bits per heavy atom. The van der Waals surface area contributed by atoms with Crippen molar-refractivity contribution in [2.75, 3.05) is 20.3 Å². The molecule has 0 fully saturated rings. The number of hydrogen-bond donors (Lipinski definition) is 2. The molecule has 0 unspecified atom stereocenters. The fraction of sp³-hybridized carbons (Fsp3) is 0.333. The molecule has 142 valence electrons. The van der Waals surface area contributed by atoms with Crippen molar-refractivity contribution in [1.82, 2.24) is 5.32 Å². The number of rotatable bonds is 9. The highest BCUT2D eigenvalue weighted by atomic mass is 79.9. The van der Waals surface area contributed by atoms with E-state index < -0.39 is 10.0 Å². The van der Waals surface area contributed by atoms with Crippen LogP contribution in [0.1, 0.15) is 18.1 Å². The minimum Gasteiger partial charge on any atom is -0.493 e. The molecule has 0 aliphatic heterocycles. The zero-order chi connectivity index (χ0) is 19.2. The first-order valence-electron chi connectivity index (χ1n) is 8.16. The van der Waals surface area contributed by atoms with Crippen LogP contribution in [0.5, 0.6) is 11.5 Å². The van der Waals surface area contributed by atoms with Gasteiger partial charge in [-0.1, -0.05) is 28.1 Å². The highest BCUT2D eigenvalue weighted by Crippen LogP contribution is 2.34. The number of sulfonamides is 1. The Bertz CT molecular complexity index is 839. The van der Waals surface area contributed by atoms with Crippen LogP contribution in [0.3, 0.4) is 0 Å². The van der Waals surface area contributed by atoms with Gasteiger partial charge >= 0.3 is 0 Å². The van der Waals surface area contributed by atoms with E-state index in [0.717, 1.165) is 34.3 Å². The lowest BCUT2D eigenvalue weighted by atomic mass is 10.1. The molecule has 26 heavy (non-hydrogen) atoms. The molecule has 2 rings (SSSR count). The first-order chi connectivity index (χ1) is 12.3. The van der Waals surface area contributed by atoms with Crippen molar-refractivity contribution in [2.24, 2.45) is 5.14 Å². The molecule has 6 nitrogen and oxygen atoms in total. The predicted octanol–water partition coefficient (Wildman–Crippen LogP) is 2.84. The largest absolute Gasteiger partial charge is 0.493 e. The van der Waals surface area contributed by atoms with Gasteiger partial charge in [0.05, 0.1) is 18.6 Å². The van der Waals surface area contributed by atoms with Crippen LogP contribution in [-0.2, 0) is 23.0 Å². The maximum Gasteiger partial charge on any atom is 0.238 e. The van der Waals surface area contributed by atoms with Crippen molar-refractivity contribution in [2.45, 2.75) is 24.8 Å². The Balaban J connectivity index is 1.96. The third-order valence-electron chi connectivity index (χ3n) is 3.76. The first-order valence-corrected chi connectivity index (χ1v) is 10.5. The third-order valence-corrected chi connectivity index (χ3v) is 5.15. The number of primary sulfonamides is 1. The number of hydrogen-bond acceptors (Lipinski definition) is 5. The van der Waals surface area contributed by atoms with Gasteiger partial charge in [0, 0.05) is 16.6 Å². The van der Waals surface area contributed by atoms with Gasteiger partial charge in [-0.15, -0.1) is 0 Å². The second-order valence-electron chi connectivity index (χ2n) is 5.65. The van der Waals surface area contributed by atoms with Crippen molar-refractivity contribution in [3.05, 3.63) is 52.0 Å². The van der Waals surface area contributed by atoms with E-state index in [1.807, 2.05) is 19.1 Å². The van der Waals surface area contributed by atoms with Gasteiger partial charge in [0.25, 0.3) is 0 Å². The molecular weight excluding hydrogens is 420 g/mol. The Hall–Kier alpha value is -1.61. The highest BCUT2D eigenvalue weighted by molar-refractivity contribution is 9.10. The van der Waals surface area contributed by atoms with E-state index in [1.54, 1.807) is 19.2 Å². The summed E-state index contributed by atoms with van der Waals surface area (Å²) in [5, 5.41) is 8.47. The molecule has 0 saturated heterocycles. The summed E-state index contributed by atoms with van der Waals surface area (Å²) in [6, 6.07) is 10.5. The molecule has 0 heterocycles. The lowest BCUT2D eigenvalue weighted by Crippen LogP contribution is -2.18. The Morgan fingerprint density at radius 1 is 1.19 bits per heavy atom. The normalized spacial score (nSPS) is 11.4. The Morgan fingerprint density at radius 2 is 1.88 bits per heavy atom. The summed E-state index contributed by atoms with van der Waals surface area (Å²) in [6.07, 6.45) is 0.764. The van der Waals surface area contributed by atoms with Crippen LogP contribution in [-0.4, -0.2) is 28.7 Å². The Kier molecular flexibility index (Phi) is 7.45. The summed E-state index contributed by atoms with van der Waals surface area (Å²) >= 11 is 3.48. The number of benzene rings is 2. The molecule has 2 aromatic carbocycles. The van der Waals surface area contributed by atoms with Crippen LogP contribution in [0.2, 0.25) is 0 Å². The van der Waals surface area contributed by atoms with Gasteiger partial charge in [-0.2, -0.15) is 0 Å². The molecule has 0 aromatic heterocycles. The number of halogens is 1. The van der Waals surface area contributed by atoms with Crippen molar-refractivity contribution in [3.63, 3.8) is 0 Å². The molecule has 2 aromatic rings. The second kappa shape index (κ2) is 9.36. The van der Waals surface area contributed by atoms with E-state index in [0.29, 0.717) is 18.9 Å². The summed E-state index contributed by atoms with van der Waals surface area (Å²) in [5.74, 6) is 1.43. The maximum absolute atomic E-state index is 11.3. The molecule has 0 radical (unpaired) electrons. The lowest BCUT2D eigenvalue weighted by Gasteiger charge is -2.15. The van der Waals surface area contributed by atoms with Crippen LogP contribution in [0, 0.1) is 0 Å². The predicted molar refractivity (Wildman–Crippen MR) is 105 cm³/mol. The summed E-state index contributed by atoms with van der Waals surface area (Å²) in [5.41, 5.74) is 2.03. The van der Waals surface area contributed by atoms with E-state index >= 15 is 0 Å². The topological polar surface area (TPSA) is 90.6 Å². The summed E-state index contributed by atoms with van der Waals surface area (Å²) in [7, 11) is -2.03. The zero-order valence-corrected chi connectivity index (χ0v) is 17.2. The molecule has 0 saturated carbocycles. The number of ether oxygens (including phenoxy) is 2. The first kappa shape index (κ1) is 20.7. The molecule has 0 atom stereocenters. The SMILES string of the molecule is CCOc1c(CNCCc2ccc(S(N)(=O)=O)cc2)cc(Br)cc1OC. The van der Waals surface area contributed by atoms with Gasteiger partial charge in [-0.3, -0.25) is 0 Å². The van der Waals surface area contributed by atoms with Gasteiger partial charge in [-0.25, -0.2) is 13.6 Å². The molecule has 8 heteroatoms. The molecule has 0 spiro atoms. The second-order valence-corrected chi connectivity index (χ2v) is 8.12. The van der Waals surface area contributed by atoms with E-state index in [4.69, 9.17) is 14.6 Å². The fourth-order valence-electron chi connectivity index (χ4n) is 2.52. The average Bonchev–Trinajstić information content (AvgIpc) is 2.60. The van der Waals surface area contributed by atoms with Crippen LogP contribution in [0.25, 0.3) is 0 Å². The van der Waals surface area contributed by atoms with Crippen LogP contribution >= 0.6 is 15.9 Å². The molecule has 3 N–H and O–H groups in total. The molecule has 0 amide bonds. The van der Waals surface area contributed by atoms with Gasteiger partial charge in [0.15, 0.2) is 11.5 Å². The molecule has 0 bridgehead atoms. The van der Waals surface area contributed by atoms with E-state index in [1.165, 1.54) is 12.1 Å². The minimum absolute atomic E-state index is 0.122. The summed E-state index contributed by atoms with van der Waals surface area (Å²) in [4.78, 5) is 0.122. The van der Waals surface area contributed by atoms with Gasteiger partial charge < -0.3 is 14.8 Å². The Labute approximate surface area is 162 Å². The lowest BCUT2D eigenvalue weighted by molar-refractivity contribution is 0.306. The van der Waals surface area contributed by atoms with Crippen molar-refractivity contribution in [1.29, 1.82) is 0 Å². The summed E-state index contributed by atoms with van der Waals surface area (Å²) in [6.45, 7) is 3.85. The third kappa shape index (κ3) is 5.70. The van der Waals surface area contributed by atoms with Crippen LogP contribution in [0.4, 0.5) is 0 Å².